The zero-order valence-electron chi connectivity index (χ0n) is 25.5. The maximum absolute atomic E-state index is 14.5. The van der Waals surface area contributed by atoms with Gasteiger partial charge in [0.2, 0.25) is 11.8 Å². The number of hydrogen-bond donors (Lipinski definition) is 1. The number of rotatable bonds is 13. The minimum Gasteiger partial charge on any atom is -0.352 e. The van der Waals surface area contributed by atoms with Crippen molar-refractivity contribution in [1.29, 1.82) is 0 Å². The molecule has 4 aromatic rings. The first kappa shape index (κ1) is 34.0. The Morgan fingerprint density at radius 2 is 1.40 bits per heavy atom. The van der Waals surface area contributed by atoms with E-state index >= 15 is 0 Å². The van der Waals surface area contributed by atoms with Crippen molar-refractivity contribution in [2.75, 3.05) is 10.8 Å². The minimum absolute atomic E-state index is 0.0365. The summed E-state index contributed by atoms with van der Waals surface area (Å²) in [5.41, 5.74) is 2.53. The first-order valence-electron chi connectivity index (χ1n) is 14.7. The highest BCUT2D eigenvalue weighted by Crippen LogP contribution is 2.29. The minimum atomic E-state index is -4.18. The number of nitrogens with one attached hydrogen (secondary N) is 1. The first-order valence-corrected chi connectivity index (χ1v) is 16.9. The summed E-state index contributed by atoms with van der Waals surface area (Å²) in [5, 5.41) is 3.67. The fourth-order valence-electron chi connectivity index (χ4n) is 4.81. The maximum atomic E-state index is 14.5. The van der Waals surface area contributed by atoms with E-state index in [-0.39, 0.29) is 29.8 Å². The Labute approximate surface area is 275 Å². The van der Waals surface area contributed by atoms with Crippen molar-refractivity contribution in [3.63, 3.8) is 0 Å². The van der Waals surface area contributed by atoms with Crippen molar-refractivity contribution >= 4 is 50.7 Å². The van der Waals surface area contributed by atoms with Gasteiger partial charge in [0.15, 0.2) is 0 Å². The van der Waals surface area contributed by atoms with Gasteiger partial charge in [0.1, 0.15) is 12.6 Å². The summed E-state index contributed by atoms with van der Waals surface area (Å²) in [6, 6.07) is 28.1. The van der Waals surface area contributed by atoms with Gasteiger partial charge in [-0.1, -0.05) is 102 Å². The average Bonchev–Trinajstić information content (AvgIpc) is 3.04. The molecule has 0 spiro atoms. The van der Waals surface area contributed by atoms with E-state index < -0.39 is 28.5 Å². The third-order valence-electron chi connectivity index (χ3n) is 7.59. The van der Waals surface area contributed by atoms with E-state index in [4.69, 9.17) is 23.2 Å². The quantitative estimate of drug-likeness (QED) is 0.166. The Morgan fingerprint density at radius 1 is 0.822 bits per heavy atom. The monoisotopic (exact) mass is 665 g/mol. The van der Waals surface area contributed by atoms with Crippen molar-refractivity contribution in [2.45, 2.75) is 57.1 Å². The lowest BCUT2D eigenvalue weighted by Crippen LogP contribution is -2.54. The van der Waals surface area contributed by atoms with E-state index in [1.165, 1.54) is 17.0 Å². The molecular formula is C35H37Cl2N3O4S. The summed E-state index contributed by atoms with van der Waals surface area (Å²) in [7, 11) is -4.18. The Kier molecular flexibility index (Phi) is 11.7. The van der Waals surface area contributed by atoms with E-state index in [9.17, 15) is 18.0 Å². The first-order chi connectivity index (χ1) is 21.5. The molecule has 0 saturated heterocycles. The molecule has 2 atom stereocenters. The molecule has 45 heavy (non-hydrogen) atoms. The molecule has 0 aliphatic heterocycles. The van der Waals surface area contributed by atoms with Gasteiger partial charge in [-0.25, -0.2) is 8.42 Å². The topological polar surface area (TPSA) is 86.8 Å². The number of hydrogen-bond acceptors (Lipinski definition) is 4. The van der Waals surface area contributed by atoms with E-state index in [1.807, 2.05) is 51.1 Å². The van der Waals surface area contributed by atoms with Gasteiger partial charge < -0.3 is 10.2 Å². The van der Waals surface area contributed by atoms with Crippen LogP contribution in [-0.2, 0) is 32.6 Å². The fourth-order valence-corrected chi connectivity index (χ4v) is 6.76. The number of carbonyl (C=O) groups excluding carboxylic acids is 2. The molecule has 0 aliphatic carbocycles. The molecule has 0 aromatic heterocycles. The predicted molar refractivity (Wildman–Crippen MR) is 181 cm³/mol. The van der Waals surface area contributed by atoms with Gasteiger partial charge in [-0.05, 0) is 62.2 Å². The maximum Gasteiger partial charge on any atom is 0.264 e. The molecule has 0 aliphatic rings. The molecular weight excluding hydrogens is 629 g/mol. The predicted octanol–water partition coefficient (Wildman–Crippen LogP) is 7.05. The molecule has 0 bridgehead atoms. The Hall–Kier alpha value is -3.85. The van der Waals surface area contributed by atoms with Gasteiger partial charge in [-0.2, -0.15) is 0 Å². The van der Waals surface area contributed by atoms with Crippen LogP contribution in [0, 0.1) is 6.92 Å². The largest absolute Gasteiger partial charge is 0.352 e. The average molecular weight is 667 g/mol. The van der Waals surface area contributed by atoms with Crippen LogP contribution in [0.4, 0.5) is 5.69 Å². The van der Waals surface area contributed by atoms with Crippen LogP contribution in [0.15, 0.2) is 108 Å². The van der Waals surface area contributed by atoms with E-state index in [2.05, 4.69) is 5.32 Å². The van der Waals surface area contributed by atoms with E-state index in [1.54, 1.807) is 60.7 Å². The van der Waals surface area contributed by atoms with Crippen LogP contribution < -0.4 is 9.62 Å². The molecule has 7 nitrogen and oxygen atoms in total. The van der Waals surface area contributed by atoms with Gasteiger partial charge in [-0.15, -0.1) is 0 Å². The summed E-state index contributed by atoms with van der Waals surface area (Å²) >= 11 is 13.1. The van der Waals surface area contributed by atoms with Crippen molar-refractivity contribution in [3.8, 4) is 0 Å². The zero-order valence-corrected chi connectivity index (χ0v) is 27.8. The number of benzene rings is 4. The number of carbonyl (C=O) groups is 2. The molecule has 236 valence electrons. The van der Waals surface area contributed by atoms with Crippen molar-refractivity contribution < 1.29 is 18.0 Å². The molecule has 1 N–H and O–H groups in total. The van der Waals surface area contributed by atoms with Crippen LogP contribution >= 0.6 is 23.2 Å². The number of aryl methyl sites for hydroxylation is 1. The number of amides is 2. The fraction of sp³-hybridized carbons (Fsp3) is 0.257. The second-order valence-corrected chi connectivity index (χ2v) is 13.6. The molecule has 4 rings (SSSR count). The van der Waals surface area contributed by atoms with E-state index in [0.717, 1.165) is 15.4 Å². The van der Waals surface area contributed by atoms with Gasteiger partial charge in [-0.3, -0.25) is 13.9 Å². The smallest absolute Gasteiger partial charge is 0.264 e. The molecule has 0 heterocycles. The summed E-state index contributed by atoms with van der Waals surface area (Å²) < 4.78 is 29.2. The summed E-state index contributed by atoms with van der Waals surface area (Å²) in [5.74, 6) is -0.955. The molecule has 0 fully saturated rings. The summed E-state index contributed by atoms with van der Waals surface area (Å²) in [6.45, 7) is 5.06. The van der Waals surface area contributed by atoms with Gasteiger partial charge in [0.25, 0.3) is 10.0 Å². The molecule has 0 radical (unpaired) electrons. The summed E-state index contributed by atoms with van der Waals surface area (Å²) in [6.07, 6.45) is 0.873. The number of halogens is 2. The van der Waals surface area contributed by atoms with Crippen LogP contribution in [0.3, 0.4) is 0 Å². The number of nitrogens with zero attached hydrogens (tertiary/aromatic N) is 2. The second kappa shape index (κ2) is 15.4. The van der Waals surface area contributed by atoms with Crippen LogP contribution in [0.5, 0.6) is 0 Å². The van der Waals surface area contributed by atoms with Crippen molar-refractivity contribution in [1.82, 2.24) is 10.2 Å². The normalized spacial score (nSPS) is 12.6. The van der Waals surface area contributed by atoms with Crippen LogP contribution in [0.1, 0.15) is 37.0 Å². The van der Waals surface area contributed by atoms with Gasteiger partial charge in [0.05, 0.1) is 10.6 Å². The molecule has 4 aromatic carbocycles. The third-order valence-corrected chi connectivity index (χ3v) is 10.1. The second-order valence-electron chi connectivity index (χ2n) is 10.9. The standard InChI is InChI=1S/C35H37Cl2N3O4S/c1-4-26(3)38-35(42)33(22-27-12-7-5-8-13-27)39(23-30-31(36)16-11-17-32(30)37)34(41)24-40(28-20-18-25(2)19-21-28)45(43,44)29-14-9-6-10-15-29/h5-21,26,33H,4,22-24H2,1-3H3,(H,38,42)/t26-,33+/m0/s1. The number of anilines is 1. The van der Waals surface area contributed by atoms with E-state index in [0.29, 0.717) is 27.7 Å². The Balaban J connectivity index is 1.83. The van der Waals surface area contributed by atoms with Crippen molar-refractivity contribution in [2.24, 2.45) is 0 Å². The molecule has 0 saturated carbocycles. The third kappa shape index (κ3) is 8.66. The lowest BCUT2D eigenvalue weighted by Gasteiger charge is -2.34. The van der Waals surface area contributed by atoms with Crippen LogP contribution in [0.25, 0.3) is 0 Å². The highest BCUT2D eigenvalue weighted by Gasteiger charge is 2.35. The molecule has 2 amide bonds. The van der Waals surface area contributed by atoms with Gasteiger partial charge >= 0.3 is 0 Å². The lowest BCUT2D eigenvalue weighted by molar-refractivity contribution is -0.140. The molecule has 0 unspecified atom stereocenters. The number of sulfonamides is 1. The molecule has 10 heteroatoms. The Bertz CT molecular complexity index is 1680. The van der Waals surface area contributed by atoms with Crippen LogP contribution in [-0.4, -0.2) is 43.8 Å². The van der Waals surface area contributed by atoms with Gasteiger partial charge in [0, 0.05) is 34.6 Å². The Morgan fingerprint density at radius 3 is 1.98 bits per heavy atom. The van der Waals surface area contributed by atoms with Crippen molar-refractivity contribution in [3.05, 3.63) is 130 Å². The summed E-state index contributed by atoms with van der Waals surface area (Å²) in [4.78, 5) is 29.9. The zero-order chi connectivity index (χ0) is 32.6. The van der Waals surface area contributed by atoms with Crippen LogP contribution in [0.2, 0.25) is 10.0 Å². The SMILES string of the molecule is CC[C@H](C)NC(=O)[C@@H](Cc1ccccc1)N(Cc1c(Cl)cccc1Cl)C(=O)CN(c1ccc(C)cc1)S(=O)(=O)c1ccccc1. The highest BCUT2D eigenvalue weighted by molar-refractivity contribution is 7.92. The lowest BCUT2D eigenvalue weighted by atomic mass is 10.0. The highest BCUT2D eigenvalue weighted by atomic mass is 35.5.